The van der Waals surface area contributed by atoms with Gasteiger partial charge in [-0.15, -0.1) is 24.8 Å². The predicted molar refractivity (Wildman–Crippen MR) is 176 cm³/mol. The van der Waals surface area contributed by atoms with Crippen molar-refractivity contribution in [3.05, 3.63) is 59.2 Å². The highest BCUT2D eigenvalue weighted by Gasteiger charge is 2.36. The Morgan fingerprint density at radius 2 is 1.50 bits per heavy atom. The lowest BCUT2D eigenvalue weighted by atomic mass is 10.1. The number of anilines is 2. The summed E-state index contributed by atoms with van der Waals surface area (Å²) in [7, 11) is 0. The maximum atomic E-state index is 13.3. The summed E-state index contributed by atoms with van der Waals surface area (Å²) in [5.41, 5.74) is 5.47. The summed E-state index contributed by atoms with van der Waals surface area (Å²) in [5.74, 6) is 0.292. The van der Waals surface area contributed by atoms with E-state index in [1.807, 2.05) is 34.1 Å². The molecule has 4 aliphatic heterocycles. The third-order valence-corrected chi connectivity index (χ3v) is 9.59. The van der Waals surface area contributed by atoms with Gasteiger partial charge in [-0.05, 0) is 101 Å². The van der Waals surface area contributed by atoms with E-state index in [-0.39, 0.29) is 42.7 Å². The third-order valence-electron chi connectivity index (χ3n) is 9.59. The van der Waals surface area contributed by atoms with E-state index in [0.717, 1.165) is 51.4 Å². The van der Waals surface area contributed by atoms with Gasteiger partial charge in [-0.25, -0.2) is 0 Å². The molecule has 7 nitrogen and oxygen atoms in total. The molecular formula is C33H47Cl2N5O2. The summed E-state index contributed by atoms with van der Waals surface area (Å²) in [6.45, 7) is 13.2. The molecule has 4 saturated heterocycles. The molecule has 6 rings (SSSR count). The molecule has 0 radical (unpaired) electrons. The fourth-order valence-electron chi connectivity index (χ4n) is 7.41. The zero-order valence-corrected chi connectivity index (χ0v) is 26.8. The smallest absolute Gasteiger partial charge is 0.253 e. The van der Waals surface area contributed by atoms with Crippen LogP contribution in [0.4, 0.5) is 11.4 Å². The molecule has 2 atom stereocenters. The fourth-order valence-corrected chi connectivity index (χ4v) is 7.41. The van der Waals surface area contributed by atoms with Crippen molar-refractivity contribution < 1.29 is 9.59 Å². The Morgan fingerprint density at radius 3 is 2.19 bits per heavy atom. The first-order chi connectivity index (χ1) is 19.5. The number of hydrogen-bond acceptors (Lipinski definition) is 5. The number of benzene rings is 2. The van der Waals surface area contributed by atoms with Gasteiger partial charge in [0.25, 0.3) is 5.91 Å². The van der Waals surface area contributed by atoms with E-state index in [1.165, 1.54) is 62.1 Å². The van der Waals surface area contributed by atoms with Gasteiger partial charge in [-0.2, -0.15) is 0 Å². The lowest BCUT2D eigenvalue weighted by Gasteiger charge is -2.37. The van der Waals surface area contributed by atoms with Gasteiger partial charge in [-0.1, -0.05) is 17.7 Å². The topological polar surface area (TPSA) is 50.3 Å². The number of piperazine rings is 1. The molecule has 0 spiro atoms. The number of carbonyl (C=O) groups is 2. The number of rotatable bonds is 7. The first-order valence-electron chi connectivity index (χ1n) is 15.5. The summed E-state index contributed by atoms with van der Waals surface area (Å²) in [6, 6.07) is 15.2. The molecular weight excluding hydrogens is 569 g/mol. The van der Waals surface area contributed by atoms with E-state index in [4.69, 9.17) is 0 Å². The summed E-state index contributed by atoms with van der Waals surface area (Å²) in [4.78, 5) is 38.0. The van der Waals surface area contributed by atoms with Crippen LogP contribution in [0, 0.1) is 13.8 Å². The highest BCUT2D eigenvalue weighted by atomic mass is 35.5. The maximum Gasteiger partial charge on any atom is 0.253 e. The number of aryl methyl sites for hydroxylation is 2. The van der Waals surface area contributed by atoms with Crippen molar-refractivity contribution in [1.29, 1.82) is 0 Å². The van der Waals surface area contributed by atoms with Gasteiger partial charge in [0.15, 0.2) is 0 Å². The Balaban J connectivity index is 0.00000202. The van der Waals surface area contributed by atoms with Crippen molar-refractivity contribution >= 4 is 48.0 Å². The van der Waals surface area contributed by atoms with Crippen molar-refractivity contribution in [2.24, 2.45) is 0 Å². The van der Waals surface area contributed by atoms with E-state index in [9.17, 15) is 9.59 Å². The highest BCUT2D eigenvalue weighted by molar-refractivity contribution is 5.98. The Hall–Kier alpha value is -2.32. The standard InChI is InChI=1S/C33H45N5O2.2ClH/c1-25-7-13-31(26(2)22-25)35-18-20-36(21-19-35)33(40)27-8-10-28(11-9-27)38-30(12-14-32(38)39)24-37-17-5-6-29(37)23-34-15-3-4-16-34;;/h7-11,13,22,29-30H,3-6,12,14-21,23-24H2,1-2H3;2*1H. The number of amides is 2. The van der Waals surface area contributed by atoms with Crippen molar-refractivity contribution in [2.75, 3.05) is 68.7 Å². The van der Waals surface area contributed by atoms with E-state index in [1.54, 1.807) is 0 Å². The maximum absolute atomic E-state index is 13.3. The summed E-state index contributed by atoms with van der Waals surface area (Å²) in [6.07, 6.45) is 6.72. The highest BCUT2D eigenvalue weighted by Crippen LogP contribution is 2.30. The zero-order chi connectivity index (χ0) is 27.6. The first kappa shape index (κ1) is 32.6. The molecule has 2 amide bonds. The third kappa shape index (κ3) is 7.07. The van der Waals surface area contributed by atoms with Crippen LogP contribution in [0.15, 0.2) is 42.5 Å². The number of halogens is 2. The van der Waals surface area contributed by atoms with Gasteiger partial charge in [0, 0.05) is 68.7 Å². The summed E-state index contributed by atoms with van der Waals surface area (Å²) >= 11 is 0. The lowest BCUT2D eigenvalue weighted by molar-refractivity contribution is -0.117. The van der Waals surface area contributed by atoms with Crippen LogP contribution >= 0.6 is 24.8 Å². The van der Waals surface area contributed by atoms with E-state index < -0.39 is 0 Å². The van der Waals surface area contributed by atoms with Crippen LogP contribution in [0.3, 0.4) is 0 Å². The molecule has 4 heterocycles. The van der Waals surface area contributed by atoms with Gasteiger partial charge in [0.2, 0.25) is 5.91 Å². The second-order valence-corrected chi connectivity index (χ2v) is 12.4. The van der Waals surface area contributed by atoms with Gasteiger partial charge >= 0.3 is 0 Å². The molecule has 0 bridgehead atoms. The van der Waals surface area contributed by atoms with Gasteiger partial charge in [0.1, 0.15) is 0 Å². The van der Waals surface area contributed by atoms with Crippen molar-refractivity contribution in [2.45, 2.75) is 64.5 Å². The van der Waals surface area contributed by atoms with Crippen LogP contribution in [0.25, 0.3) is 0 Å². The first-order valence-corrected chi connectivity index (χ1v) is 15.5. The van der Waals surface area contributed by atoms with Crippen molar-refractivity contribution in [1.82, 2.24) is 14.7 Å². The van der Waals surface area contributed by atoms with Crippen LogP contribution < -0.4 is 9.80 Å². The van der Waals surface area contributed by atoms with E-state index >= 15 is 0 Å². The van der Waals surface area contributed by atoms with Crippen LogP contribution in [0.1, 0.15) is 60.0 Å². The Labute approximate surface area is 264 Å². The van der Waals surface area contributed by atoms with Gasteiger partial charge < -0.3 is 19.6 Å². The molecule has 4 fully saturated rings. The van der Waals surface area contributed by atoms with Crippen molar-refractivity contribution in [3.8, 4) is 0 Å². The van der Waals surface area contributed by atoms with Crippen molar-refractivity contribution in [3.63, 3.8) is 0 Å². The zero-order valence-electron chi connectivity index (χ0n) is 25.2. The molecule has 42 heavy (non-hydrogen) atoms. The second kappa shape index (κ2) is 14.4. The second-order valence-electron chi connectivity index (χ2n) is 12.4. The molecule has 0 aromatic heterocycles. The molecule has 9 heteroatoms. The number of hydrogen-bond donors (Lipinski definition) is 0. The summed E-state index contributed by atoms with van der Waals surface area (Å²) < 4.78 is 0. The number of carbonyl (C=O) groups excluding carboxylic acids is 2. The lowest BCUT2D eigenvalue weighted by Crippen LogP contribution is -2.49. The summed E-state index contributed by atoms with van der Waals surface area (Å²) in [5, 5.41) is 0. The minimum absolute atomic E-state index is 0. The largest absolute Gasteiger partial charge is 0.368 e. The Morgan fingerprint density at radius 1 is 0.786 bits per heavy atom. The van der Waals surface area contributed by atoms with E-state index in [2.05, 4.69) is 46.7 Å². The molecule has 0 saturated carbocycles. The van der Waals surface area contributed by atoms with Gasteiger partial charge in [-0.3, -0.25) is 14.5 Å². The minimum atomic E-state index is 0. The molecule has 2 aromatic rings. The minimum Gasteiger partial charge on any atom is -0.368 e. The Bertz CT molecular complexity index is 1210. The quantitative estimate of drug-likeness (QED) is 0.430. The van der Waals surface area contributed by atoms with Crippen LogP contribution in [0.2, 0.25) is 0 Å². The van der Waals surface area contributed by atoms with E-state index in [0.29, 0.717) is 18.0 Å². The predicted octanol–water partition coefficient (Wildman–Crippen LogP) is 5.17. The van der Waals surface area contributed by atoms with Crippen LogP contribution in [0.5, 0.6) is 0 Å². The number of nitrogens with zero attached hydrogens (tertiary/aromatic N) is 5. The monoisotopic (exact) mass is 615 g/mol. The fraction of sp³-hybridized carbons (Fsp3) is 0.576. The molecule has 2 aromatic carbocycles. The molecule has 2 unspecified atom stereocenters. The Kier molecular flexibility index (Phi) is 11.2. The van der Waals surface area contributed by atoms with Crippen LogP contribution in [-0.2, 0) is 4.79 Å². The SMILES string of the molecule is Cc1ccc(N2CCN(C(=O)c3ccc(N4C(=O)CCC4CN4CCCC4CN4CCCC4)cc3)CC2)c(C)c1.Cl.Cl. The molecule has 230 valence electrons. The molecule has 0 N–H and O–H groups in total. The molecule has 4 aliphatic rings. The average molecular weight is 617 g/mol. The number of likely N-dealkylation sites (tertiary alicyclic amines) is 2. The normalized spacial score (nSPS) is 23.3. The average Bonchev–Trinajstić information content (AvgIpc) is 3.72. The molecule has 0 aliphatic carbocycles. The van der Waals surface area contributed by atoms with Gasteiger partial charge in [0.05, 0.1) is 6.04 Å². The van der Waals surface area contributed by atoms with Crippen LogP contribution in [-0.4, -0.2) is 97.5 Å².